The number of unbranched alkanes of at least 4 members (excludes halogenated alkanes) is 9. The molecule has 320 valence electrons. The Labute approximate surface area is 341 Å². The van der Waals surface area contributed by atoms with Crippen LogP contribution in [0, 0.1) is 0 Å². The van der Waals surface area contributed by atoms with Gasteiger partial charge in [-0.05, 0) is 89.9 Å². The molecule has 0 fully saturated rings. The predicted octanol–water partition coefficient (Wildman–Crippen LogP) is 11.4. The van der Waals surface area contributed by atoms with E-state index >= 15 is 0 Å². The minimum absolute atomic E-state index is 0.0476. The van der Waals surface area contributed by atoms with Gasteiger partial charge in [-0.25, -0.2) is 0 Å². The third-order valence-corrected chi connectivity index (χ3v) is 9.36. The zero-order chi connectivity index (χ0) is 41.4. The number of quaternary nitrogens is 1. The maximum absolute atomic E-state index is 12.6. The monoisotopic (exact) mass is 804 g/mol. The fourth-order valence-electron chi connectivity index (χ4n) is 5.06. The van der Waals surface area contributed by atoms with E-state index in [9.17, 15) is 19.0 Å². The van der Waals surface area contributed by atoms with E-state index in [1.165, 1.54) is 25.7 Å². The molecule has 0 radical (unpaired) electrons. The summed E-state index contributed by atoms with van der Waals surface area (Å²) in [7, 11) is 1.11. The number of likely N-dealkylation sites (N-methyl/N-ethyl adjacent to an activating group) is 1. The minimum atomic E-state index is -4.65. The molecular formula is C46H78NO8P. The molecule has 0 aliphatic heterocycles. The van der Waals surface area contributed by atoms with Crippen molar-refractivity contribution in [3.05, 3.63) is 85.1 Å². The maximum atomic E-state index is 12.6. The lowest BCUT2D eigenvalue weighted by molar-refractivity contribution is -0.870. The molecule has 0 amide bonds. The van der Waals surface area contributed by atoms with Crippen LogP contribution in [0.25, 0.3) is 0 Å². The number of esters is 2. The Morgan fingerprint density at radius 1 is 0.571 bits per heavy atom. The number of carbonyl (C=O) groups excluding carboxylic acids is 2. The van der Waals surface area contributed by atoms with Gasteiger partial charge in [0, 0.05) is 12.8 Å². The van der Waals surface area contributed by atoms with E-state index in [1.54, 1.807) is 0 Å². The van der Waals surface area contributed by atoms with Crippen molar-refractivity contribution in [1.82, 2.24) is 0 Å². The van der Waals surface area contributed by atoms with Gasteiger partial charge in [0.15, 0.2) is 6.10 Å². The van der Waals surface area contributed by atoms with Crippen LogP contribution in [0.5, 0.6) is 0 Å². The highest BCUT2D eigenvalue weighted by Gasteiger charge is 2.21. The molecule has 0 saturated carbocycles. The summed E-state index contributed by atoms with van der Waals surface area (Å²) in [6.07, 6.45) is 47.6. The highest BCUT2D eigenvalue weighted by molar-refractivity contribution is 7.45. The Morgan fingerprint density at radius 2 is 1.02 bits per heavy atom. The summed E-state index contributed by atoms with van der Waals surface area (Å²) >= 11 is 0. The number of rotatable bonds is 37. The Balaban J connectivity index is 4.51. The van der Waals surface area contributed by atoms with Crippen molar-refractivity contribution < 1.29 is 42.1 Å². The topological polar surface area (TPSA) is 111 Å². The smallest absolute Gasteiger partial charge is 0.306 e. The van der Waals surface area contributed by atoms with E-state index < -0.39 is 32.5 Å². The first-order valence-corrected chi connectivity index (χ1v) is 22.8. The molecule has 0 aliphatic carbocycles. The van der Waals surface area contributed by atoms with Gasteiger partial charge in [0.05, 0.1) is 27.7 Å². The number of phosphoric acid groups is 1. The highest BCUT2D eigenvalue weighted by Crippen LogP contribution is 2.38. The van der Waals surface area contributed by atoms with Gasteiger partial charge in [0.1, 0.15) is 19.8 Å². The molecule has 0 aromatic carbocycles. The zero-order valence-electron chi connectivity index (χ0n) is 35.8. The van der Waals surface area contributed by atoms with E-state index in [0.29, 0.717) is 23.9 Å². The van der Waals surface area contributed by atoms with E-state index in [-0.39, 0.29) is 26.1 Å². The number of phosphoric ester groups is 1. The zero-order valence-corrected chi connectivity index (χ0v) is 36.7. The summed E-state index contributed by atoms with van der Waals surface area (Å²) in [5.41, 5.74) is 0. The van der Waals surface area contributed by atoms with Crippen LogP contribution in [0.4, 0.5) is 0 Å². The van der Waals surface area contributed by atoms with Gasteiger partial charge >= 0.3 is 11.9 Å². The van der Waals surface area contributed by atoms with E-state index in [0.717, 1.165) is 77.0 Å². The maximum Gasteiger partial charge on any atom is 0.306 e. The van der Waals surface area contributed by atoms with Crippen molar-refractivity contribution in [1.29, 1.82) is 0 Å². The van der Waals surface area contributed by atoms with E-state index in [2.05, 4.69) is 98.9 Å². The van der Waals surface area contributed by atoms with Crippen molar-refractivity contribution >= 4 is 19.8 Å². The number of carbonyl (C=O) groups is 2. The van der Waals surface area contributed by atoms with Crippen molar-refractivity contribution in [3.8, 4) is 0 Å². The Hall–Kier alpha value is -2.81. The molecular weight excluding hydrogens is 725 g/mol. The SMILES string of the molecule is CC/C=C/C/C=C/C/C=C/C/C=C/CCCCC(=O)O[C@H](COC(=O)CCCCCC/C=C/C/C=C/C/C=C/CCCCC)COP(=O)([O-])OCC[N+](C)(C)C. The van der Waals surface area contributed by atoms with Crippen molar-refractivity contribution in [3.63, 3.8) is 0 Å². The molecule has 56 heavy (non-hydrogen) atoms. The van der Waals surface area contributed by atoms with Gasteiger partial charge in [0.2, 0.25) is 0 Å². The fourth-order valence-corrected chi connectivity index (χ4v) is 5.79. The van der Waals surface area contributed by atoms with Crippen LogP contribution in [0.15, 0.2) is 85.1 Å². The number of hydrogen-bond acceptors (Lipinski definition) is 8. The summed E-state index contributed by atoms with van der Waals surface area (Å²) in [6.45, 7) is 3.98. The summed E-state index contributed by atoms with van der Waals surface area (Å²) in [4.78, 5) is 37.5. The molecule has 1 unspecified atom stereocenters. The van der Waals surface area contributed by atoms with Crippen LogP contribution in [-0.4, -0.2) is 70.0 Å². The van der Waals surface area contributed by atoms with Crippen LogP contribution < -0.4 is 4.89 Å². The molecule has 0 spiro atoms. The molecule has 9 nitrogen and oxygen atoms in total. The van der Waals surface area contributed by atoms with E-state index in [1.807, 2.05) is 21.1 Å². The van der Waals surface area contributed by atoms with Gasteiger partial charge in [-0.15, -0.1) is 0 Å². The average Bonchev–Trinajstić information content (AvgIpc) is 3.15. The molecule has 0 N–H and O–H groups in total. The first-order valence-electron chi connectivity index (χ1n) is 21.3. The second-order valence-electron chi connectivity index (χ2n) is 15.0. The first kappa shape index (κ1) is 53.2. The summed E-state index contributed by atoms with van der Waals surface area (Å²) in [6, 6.07) is 0. The van der Waals surface area contributed by atoms with Crippen LogP contribution >= 0.6 is 7.82 Å². The number of allylic oxidation sites excluding steroid dienone is 14. The van der Waals surface area contributed by atoms with Crippen molar-refractivity contribution in [2.45, 2.75) is 148 Å². The van der Waals surface area contributed by atoms with Crippen LogP contribution in [0.2, 0.25) is 0 Å². The average molecular weight is 804 g/mol. The molecule has 0 aliphatic rings. The lowest BCUT2D eigenvalue weighted by Gasteiger charge is -2.28. The molecule has 0 rings (SSSR count). The predicted molar refractivity (Wildman–Crippen MR) is 231 cm³/mol. The molecule has 0 bridgehead atoms. The van der Waals surface area contributed by atoms with Gasteiger partial charge in [-0.2, -0.15) is 0 Å². The third kappa shape index (κ3) is 40.8. The normalized spacial score (nSPS) is 14.5. The van der Waals surface area contributed by atoms with E-state index in [4.69, 9.17) is 18.5 Å². The molecule has 0 heterocycles. The Kier molecular flexibility index (Phi) is 35.9. The summed E-state index contributed by atoms with van der Waals surface area (Å²) in [5.74, 6) is -0.919. The lowest BCUT2D eigenvalue weighted by atomic mass is 10.1. The number of ether oxygens (including phenoxy) is 2. The van der Waals surface area contributed by atoms with Crippen molar-refractivity contribution in [2.75, 3.05) is 47.5 Å². The van der Waals surface area contributed by atoms with Crippen LogP contribution in [0.1, 0.15) is 142 Å². The molecule has 0 aromatic rings. The highest BCUT2D eigenvalue weighted by atomic mass is 31.2. The van der Waals surface area contributed by atoms with Gasteiger partial charge in [-0.3, -0.25) is 14.2 Å². The summed E-state index contributed by atoms with van der Waals surface area (Å²) in [5, 5.41) is 0. The number of hydrogen-bond donors (Lipinski definition) is 0. The Morgan fingerprint density at radius 3 is 1.54 bits per heavy atom. The molecule has 2 atom stereocenters. The standard InChI is InChI=1S/C46H78NO8P/c1-6-8-10-12-14-16-18-20-22-23-25-26-28-30-32-34-36-38-45(48)52-42-44(43-54-56(50,51)53-41-40-47(3,4)5)55-46(49)39-37-35-33-31-29-27-24-21-19-17-15-13-11-9-7-2/h9,11,14-17,20-22,24-26,29,31,44H,6-8,10,12-13,18-19,23,27-28,30,32-43H2,1-5H3/b11-9+,16-14+,17-15+,22-20+,24-21+,26-25+,31-29+/t44-/m1/s1. The molecule has 10 heteroatoms. The summed E-state index contributed by atoms with van der Waals surface area (Å²) < 4.78 is 33.8. The molecule has 0 aromatic heterocycles. The third-order valence-electron chi connectivity index (χ3n) is 8.40. The minimum Gasteiger partial charge on any atom is -0.756 e. The van der Waals surface area contributed by atoms with Crippen molar-refractivity contribution in [2.24, 2.45) is 0 Å². The lowest BCUT2D eigenvalue weighted by Crippen LogP contribution is -2.37. The first-order chi connectivity index (χ1) is 27.0. The largest absolute Gasteiger partial charge is 0.756 e. The molecule has 0 saturated heterocycles. The quantitative estimate of drug-likeness (QED) is 0.0201. The second-order valence-corrected chi connectivity index (χ2v) is 16.4. The van der Waals surface area contributed by atoms with Gasteiger partial charge in [0.25, 0.3) is 7.82 Å². The van der Waals surface area contributed by atoms with Gasteiger partial charge in [-0.1, -0.05) is 125 Å². The number of nitrogens with zero attached hydrogens (tertiary/aromatic N) is 1. The van der Waals surface area contributed by atoms with Crippen LogP contribution in [-0.2, 0) is 32.7 Å². The second kappa shape index (κ2) is 37.7. The van der Waals surface area contributed by atoms with Gasteiger partial charge < -0.3 is 27.9 Å². The van der Waals surface area contributed by atoms with Crippen LogP contribution in [0.3, 0.4) is 0 Å². The fraction of sp³-hybridized carbons (Fsp3) is 0.652. The Bertz CT molecular complexity index is 1230.